The predicted octanol–water partition coefficient (Wildman–Crippen LogP) is 6.23. The first-order valence-electron chi connectivity index (χ1n) is 12.2. The van der Waals surface area contributed by atoms with Crippen molar-refractivity contribution in [3.63, 3.8) is 0 Å². The van der Waals surface area contributed by atoms with E-state index in [4.69, 9.17) is 9.47 Å². The summed E-state index contributed by atoms with van der Waals surface area (Å²) in [7, 11) is 0. The van der Waals surface area contributed by atoms with Crippen molar-refractivity contribution in [2.24, 2.45) is 0 Å². The van der Waals surface area contributed by atoms with E-state index >= 15 is 0 Å². The van der Waals surface area contributed by atoms with Gasteiger partial charge in [-0.25, -0.2) is 0 Å². The molecule has 3 aromatic rings. The van der Waals surface area contributed by atoms with E-state index < -0.39 is 17.7 Å². The van der Waals surface area contributed by atoms with Crippen molar-refractivity contribution in [1.29, 1.82) is 0 Å². The Morgan fingerprint density at radius 1 is 0.917 bits per heavy atom. The largest absolute Gasteiger partial charge is 0.507 e. The van der Waals surface area contributed by atoms with Gasteiger partial charge in [-0.1, -0.05) is 50.2 Å². The standard InChI is InChI=1S/C30H31NO5/c1-5-35-23-14-10-13-22(18-23)31-27(20-11-8-7-9-12-20)26(29(33)30(31)34)28(32)21-15-16-25(36-6-2)24(17-21)19(3)4/h7-19,27,32H,5-6H2,1-4H3/b28-26-. The Labute approximate surface area is 211 Å². The van der Waals surface area contributed by atoms with Crippen LogP contribution in [0.25, 0.3) is 5.76 Å². The summed E-state index contributed by atoms with van der Waals surface area (Å²) >= 11 is 0. The molecule has 1 heterocycles. The average molecular weight is 486 g/mol. The van der Waals surface area contributed by atoms with Gasteiger partial charge in [0.05, 0.1) is 24.8 Å². The lowest BCUT2D eigenvalue weighted by atomic mass is 9.93. The van der Waals surface area contributed by atoms with Crippen molar-refractivity contribution in [2.75, 3.05) is 18.1 Å². The number of carbonyl (C=O) groups is 2. The molecule has 6 heteroatoms. The van der Waals surface area contributed by atoms with Crippen LogP contribution in [0.1, 0.15) is 56.3 Å². The monoisotopic (exact) mass is 485 g/mol. The number of aliphatic hydroxyl groups is 1. The van der Waals surface area contributed by atoms with Crippen molar-refractivity contribution >= 4 is 23.1 Å². The van der Waals surface area contributed by atoms with Crippen molar-refractivity contribution in [1.82, 2.24) is 0 Å². The van der Waals surface area contributed by atoms with Crippen LogP contribution in [0.4, 0.5) is 5.69 Å². The Morgan fingerprint density at radius 3 is 2.31 bits per heavy atom. The van der Waals surface area contributed by atoms with Gasteiger partial charge in [-0.3, -0.25) is 14.5 Å². The molecule has 0 spiro atoms. The van der Waals surface area contributed by atoms with Crippen LogP contribution in [0.5, 0.6) is 11.5 Å². The minimum Gasteiger partial charge on any atom is -0.507 e. The lowest BCUT2D eigenvalue weighted by molar-refractivity contribution is -0.132. The molecule has 1 aliphatic heterocycles. The fourth-order valence-electron chi connectivity index (χ4n) is 4.53. The number of carbonyl (C=O) groups excluding carboxylic acids is 2. The van der Waals surface area contributed by atoms with Crippen molar-refractivity contribution in [3.05, 3.63) is 95.1 Å². The molecule has 0 bridgehead atoms. The van der Waals surface area contributed by atoms with Gasteiger partial charge in [-0.15, -0.1) is 0 Å². The normalized spacial score (nSPS) is 17.0. The molecule has 0 radical (unpaired) electrons. The molecule has 1 aliphatic rings. The highest BCUT2D eigenvalue weighted by molar-refractivity contribution is 6.51. The summed E-state index contributed by atoms with van der Waals surface area (Å²) in [5, 5.41) is 11.5. The number of amides is 1. The minimum absolute atomic E-state index is 0.0480. The number of hydrogen-bond acceptors (Lipinski definition) is 5. The topological polar surface area (TPSA) is 76.1 Å². The summed E-state index contributed by atoms with van der Waals surface area (Å²) < 4.78 is 11.4. The van der Waals surface area contributed by atoms with Gasteiger partial charge in [-0.05, 0) is 61.2 Å². The van der Waals surface area contributed by atoms with Gasteiger partial charge in [-0.2, -0.15) is 0 Å². The third-order valence-electron chi connectivity index (χ3n) is 6.17. The first-order valence-corrected chi connectivity index (χ1v) is 12.2. The summed E-state index contributed by atoms with van der Waals surface area (Å²) in [6.07, 6.45) is 0. The van der Waals surface area contributed by atoms with E-state index in [1.54, 1.807) is 36.4 Å². The van der Waals surface area contributed by atoms with Crippen molar-refractivity contribution in [2.45, 2.75) is 39.7 Å². The molecule has 1 unspecified atom stereocenters. The molecule has 0 saturated carbocycles. The molecule has 1 amide bonds. The molecule has 36 heavy (non-hydrogen) atoms. The number of ketones is 1. The Bertz CT molecular complexity index is 1300. The molecular weight excluding hydrogens is 454 g/mol. The zero-order valence-corrected chi connectivity index (χ0v) is 21.0. The highest BCUT2D eigenvalue weighted by atomic mass is 16.5. The van der Waals surface area contributed by atoms with E-state index in [1.807, 2.05) is 64.1 Å². The number of hydrogen-bond donors (Lipinski definition) is 1. The Balaban J connectivity index is 1.90. The highest BCUT2D eigenvalue weighted by Gasteiger charge is 2.47. The Hall–Kier alpha value is -4.06. The third kappa shape index (κ3) is 4.71. The summed E-state index contributed by atoms with van der Waals surface area (Å²) in [6, 6.07) is 20.9. The predicted molar refractivity (Wildman–Crippen MR) is 141 cm³/mol. The number of benzene rings is 3. The number of aliphatic hydroxyl groups excluding tert-OH is 1. The molecule has 0 aliphatic carbocycles. The van der Waals surface area contributed by atoms with Gasteiger partial charge in [0.1, 0.15) is 17.3 Å². The number of rotatable bonds is 8. The minimum atomic E-state index is -0.794. The van der Waals surface area contributed by atoms with E-state index in [1.165, 1.54) is 4.90 Å². The van der Waals surface area contributed by atoms with Gasteiger partial charge in [0, 0.05) is 17.3 Å². The molecule has 1 fully saturated rings. The molecule has 1 atom stereocenters. The van der Waals surface area contributed by atoms with E-state index in [0.717, 1.165) is 16.9 Å². The van der Waals surface area contributed by atoms with Crippen molar-refractivity contribution in [3.8, 4) is 11.5 Å². The average Bonchev–Trinajstić information content (AvgIpc) is 3.15. The van der Waals surface area contributed by atoms with Gasteiger partial charge >= 0.3 is 0 Å². The van der Waals surface area contributed by atoms with Crippen LogP contribution >= 0.6 is 0 Å². The van der Waals surface area contributed by atoms with Crippen LogP contribution in [0.15, 0.2) is 78.4 Å². The number of Topliss-reactive ketones (excluding diaryl/α,β-unsaturated/α-hetero) is 1. The lowest BCUT2D eigenvalue weighted by Gasteiger charge is -2.26. The lowest BCUT2D eigenvalue weighted by Crippen LogP contribution is -2.29. The molecular formula is C30H31NO5. The van der Waals surface area contributed by atoms with Crippen LogP contribution in [-0.4, -0.2) is 30.0 Å². The SMILES string of the molecule is CCOc1cccc(N2C(=O)C(=O)/C(=C(\O)c3ccc(OCC)c(C(C)C)c3)C2c2ccccc2)c1. The van der Waals surface area contributed by atoms with Crippen LogP contribution < -0.4 is 14.4 Å². The maximum absolute atomic E-state index is 13.4. The van der Waals surface area contributed by atoms with E-state index in [0.29, 0.717) is 30.2 Å². The smallest absolute Gasteiger partial charge is 0.300 e. The number of anilines is 1. The second-order valence-corrected chi connectivity index (χ2v) is 8.85. The molecule has 6 nitrogen and oxygen atoms in total. The van der Waals surface area contributed by atoms with Gasteiger partial charge in [0.15, 0.2) is 0 Å². The van der Waals surface area contributed by atoms with Crippen LogP contribution in [0.3, 0.4) is 0 Å². The van der Waals surface area contributed by atoms with Crippen LogP contribution in [0.2, 0.25) is 0 Å². The Kier molecular flexibility index (Phi) is 7.44. The molecule has 0 aromatic heterocycles. The highest BCUT2D eigenvalue weighted by Crippen LogP contribution is 2.43. The van der Waals surface area contributed by atoms with Crippen LogP contribution in [0, 0.1) is 0 Å². The quantitative estimate of drug-likeness (QED) is 0.232. The molecule has 3 aromatic carbocycles. The number of ether oxygens (including phenoxy) is 2. The molecule has 186 valence electrons. The molecule has 1 saturated heterocycles. The summed E-state index contributed by atoms with van der Waals surface area (Å²) in [4.78, 5) is 28.2. The van der Waals surface area contributed by atoms with Crippen molar-refractivity contribution < 1.29 is 24.2 Å². The first kappa shape index (κ1) is 25.0. The number of nitrogens with zero attached hydrogens (tertiary/aromatic N) is 1. The summed E-state index contributed by atoms with van der Waals surface area (Å²) in [6.45, 7) is 8.86. The maximum atomic E-state index is 13.4. The second-order valence-electron chi connectivity index (χ2n) is 8.85. The summed E-state index contributed by atoms with van der Waals surface area (Å²) in [5.74, 6) is -0.186. The van der Waals surface area contributed by atoms with Gasteiger partial charge in [0.2, 0.25) is 0 Å². The summed E-state index contributed by atoms with van der Waals surface area (Å²) in [5.41, 5.74) is 2.66. The van der Waals surface area contributed by atoms with E-state index in [2.05, 4.69) is 0 Å². The first-order chi connectivity index (χ1) is 17.4. The fourth-order valence-corrected chi connectivity index (χ4v) is 4.53. The van der Waals surface area contributed by atoms with Gasteiger partial charge in [0.25, 0.3) is 11.7 Å². The second kappa shape index (κ2) is 10.7. The van der Waals surface area contributed by atoms with E-state index in [-0.39, 0.29) is 17.3 Å². The zero-order valence-electron chi connectivity index (χ0n) is 21.0. The zero-order chi connectivity index (χ0) is 25.8. The Morgan fingerprint density at radius 2 is 1.64 bits per heavy atom. The maximum Gasteiger partial charge on any atom is 0.300 e. The van der Waals surface area contributed by atoms with Crippen LogP contribution in [-0.2, 0) is 9.59 Å². The van der Waals surface area contributed by atoms with E-state index in [9.17, 15) is 14.7 Å². The third-order valence-corrected chi connectivity index (χ3v) is 6.17. The van der Waals surface area contributed by atoms with Gasteiger partial charge < -0.3 is 14.6 Å². The molecule has 4 rings (SSSR count). The molecule has 1 N–H and O–H groups in total. The fraction of sp³-hybridized carbons (Fsp3) is 0.267.